The lowest BCUT2D eigenvalue weighted by Crippen LogP contribution is -2.28. The Balaban J connectivity index is 3.02. The molecule has 1 heteroatoms. The van der Waals surface area contributed by atoms with Crippen molar-refractivity contribution in [2.75, 3.05) is 6.54 Å². The van der Waals surface area contributed by atoms with Gasteiger partial charge < -0.3 is 5.32 Å². The molecule has 0 aliphatic carbocycles. The second-order valence-corrected chi connectivity index (χ2v) is 6.50. The summed E-state index contributed by atoms with van der Waals surface area (Å²) in [6, 6.07) is 5.27. The van der Waals surface area contributed by atoms with Gasteiger partial charge in [-0.25, -0.2) is 0 Å². The second kappa shape index (κ2) is 5.88. The van der Waals surface area contributed by atoms with E-state index in [-0.39, 0.29) is 5.41 Å². The number of benzene rings is 1. The van der Waals surface area contributed by atoms with Gasteiger partial charge in [-0.3, -0.25) is 0 Å². The zero-order valence-electron chi connectivity index (χ0n) is 13.1. The summed E-state index contributed by atoms with van der Waals surface area (Å²) in [6.07, 6.45) is 1.12. The largest absolute Gasteiger partial charge is 0.314 e. The number of hydrogen-bond donors (Lipinski definition) is 1. The van der Waals surface area contributed by atoms with Gasteiger partial charge in [0.05, 0.1) is 0 Å². The van der Waals surface area contributed by atoms with Crippen LogP contribution in [0.5, 0.6) is 0 Å². The Bertz CT molecular complexity index is 376. The molecule has 0 fully saturated rings. The van der Waals surface area contributed by atoms with Crippen LogP contribution in [0.1, 0.15) is 56.9 Å². The van der Waals surface area contributed by atoms with Crippen LogP contribution in [0, 0.1) is 13.8 Å². The zero-order chi connectivity index (χ0) is 13.9. The van der Waals surface area contributed by atoms with Gasteiger partial charge in [0.15, 0.2) is 0 Å². The molecule has 1 aromatic rings. The van der Waals surface area contributed by atoms with E-state index >= 15 is 0 Å². The van der Waals surface area contributed by atoms with Gasteiger partial charge in [0.1, 0.15) is 0 Å². The summed E-state index contributed by atoms with van der Waals surface area (Å²) in [6.45, 7) is 16.8. The highest BCUT2D eigenvalue weighted by molar-refractivity contribution is 5.40. The van der Waals surface area contributed by atoms with E-state index in [2.05, 4.69) is 65.9 Å². The second-order valence-electron chi connectivity index (χ2n) is 6.50. The number of hydrogen-bond acceptors (Lipinski definition) is 1. The molecule has 0 radical (unpaired) electrons. The van der Waals surface area contributed by atoms with Gasteiger partial charge in [-0.2, -0.15) is 0 Å². The monoisotopic (exact) mass is 247 g/mol. The number of nitrogens with one attached hydrogen (secondary N) is 1. The maximum Gasteiger partial charge on any atom is 0.00792 e. The summed E-state index contributed by atoms with van der Waals surface area (Å²) >= 11 is 0. The summed E-state index contributed by atoms with van der Waals surface area (Å²) in [4.78, 5) is 0. The van der Waals surface area contributed by atoms with E-state index in [9.17, 15) is 0 Å². The number of rotatable bonds is 4. The summed E-state index contributed by atoms with van der Waals surface area (Å²) < 4.78 is 0. The van der Waals surface area contributed by atoms with Crippen LogP contribution in [0.2, 0.25) is 0 Å². The van der Waals surface area contributed by atoms with E-state index < -0.39 is 0 Å². The van der Waals surface area contributed by atoms with Crippen molar-refractivity contribution in [2.45, 2.75) is 66.3 Å². The van der Waals surface area contributed by atoms with Crippen LogP contribution < -0.4 is 5.32 Å². The molecular weight excluding hydrogens is 218 g/mol. The predicted molar refractivity (Wildman–Crippen MR) is 81.5 cm³/mol. The van der Waals surface area contributed by atoms with Crippen LogP contribution in [0.25, 0.3) is 0 Å². The topological polar surface area (TPSA) is 12.0 Å². The normalized spacial score (nSPS) is 13.7. The third kappa shape index (κ3) is 3.84. The number of aryl methyl sites for hydroxylation is 2. The lowest BCUT2D eigenvalue weighted by atomic mass is 9.83. The van der Waals surface area contributed by atoms with Gasteiger partial charge in [0.2, 0.25) is 0 Å². The molecule has 0 saturated heterocycles. The molecule has 0 aromatic heterocycles. The molecule has 1 nitrogen and oxygen atoms in total. The summed E-state index contributed by atoms with van der Waals surface area (Å²) in [5, 5.41) is 3.49. The molecule has 1 rings (SSSR count). The Hall–Kier alpha value is -0.820. The molecular formula is C17H29N. The van der Waals surface area contributed by atoms with Crippen molar-refractivity contribution < 1.29 is 0 Å². The van der Waals surface area contributed by atoms with Crippen molar-refractivity contribution in [3.8, 4) is 0 Å². The van der Waals surface area contributed by atoms with Crippen molar-refractivity contribution in [3.63, 3.8) is 0 Å². The van der Waals surface area contributed by atoms with Crippen LogP contribution in [0.4, 0.5) is 0 Å². The summed E-state index contributed by atoms with van der Waals surface area (Å²) in [5.74, 6) is 0. The van der Waals surface area contributed by atoms with Gasteiger partial charge in [-0.05, 0) is 61.4 Å². The molecule has 18 heavy (non-hydrogen) atoms. The van der Waals surface area contributed by atoms with Crippen molar-refractivity contribution in [3.05, 3.63) is 34.4 Å². The quantitative estimate of drug-likeness (QED) is 0.843. The molecule has 0 heterocycles. The Morgan fingerprint density at radius 3 is 2.00 bits per heavy atom. The SMILES string of the molecule is CCNC(C)Cc1c(C)cc(C(C)(C)C)cc1C. The van der Waals surface area contributed by atoms with Gasteiger partial charge in [-0.15, -0.1) is 0 Å². The molecule has 0 saturated carbocycles. The zero-order valence-corrected chi connectivity index (χ0v) is 13.1. The average molecular weight is 247 g/mol. The Kier molecular flexibility index (Phi) is 4.98. The van der Waals surface area contributed by atoms with E-state index in [1.165, 1.54) is 22.3 Å². The number of likely N-dealkylation sites (N-methyl/N-ethyl adjacent to an activating group) is 1. The van der Waals surface area contributed by atoms with E-state index in [1.54, 1.807) is 0 Å². The first-order valence-corrected chi connectivity index (χ1v) is 7.09. The van der Waals surface area contributed by atoms with Crippen molar-refractivity contribution in [1.82, 2.24) is 5.32 Å². The van der Waals surface area contributed by atoms with E-state index in [0.717, 1.165) is 13.0 Å². The van der Waals surface area contributed by atoms with Crippen molar-refractivity contribution >= 4 is 0 Å². The predicted octanol–water partition coefficient (Wildman–Crippen LogP) is 4.14. The third-order valence-corrected chi connectivity index (χ3v) is 3.62. The maximum atomic E-state index is 3.49. The van der Waals surface area contributed by atoms with Gasteiger partial charge >= 0.3 is 0 Å². The van der Waals surface area contributed by atoms with Crippen LogP contribution in [-0.4, -0.2) is 12.6 Å². The molecule has 0 amide bonds. The lowest BCUT2D eigenvalue weighted by Gasteiger charge is -2.23. The maximum absolute atomic E-state index is 3.49. The molecule has 1 N–H and O–H groups in total. The smallest absolute Gasteiger partial charge is 0.00792 e. The minimum absolute atomic E-state index is 0.237. The van der Waals surface area contributed by atoms with Crippen LogP contribution in [0.15, 0.2) is 12.1 Å². The van der Waals surface area contributed by atoms with Gasteiger partial charge in [-0.1, -0.05) is 39.8 Å². The molecule has 1 unspecified atom stereocenters. The highest BCUT2D eigenvalue weighted by Gasteiger charge is 2.16. The minimum Gasteiger partial charge on any atom is -0.314 e. The highest BCUT2D eigenvalue weighted by atomic mass is 14.9. The standard InChI is InChI=1S/C17H29N/c1-8-18-14(4)11-16-12(2)9-15(10-13(16)3)17(5,6)7/h9-10,14,18H,8,11H2,1-7H3. The first-order chi connectivity index (χ1) is 8.25. The summed E-state index contributed by atoms with van der Waals surface area (Å²) in [5.41, 5.74) is 6.06. The molecule has 0 spiro atoms. The van der Waals surface area contributed by atoms with E-state index in [0.29, 0.717) is 6.04 Å². The van der Waals surface area contributed by atoms with Crippen LogP contribution in [0.3, 0.4) is 0 Å². The Labute approximate surface area is 113 Å². The van der Waals surface area contributed by atoms with Crippen LogP contribution >= 0.6 is 0 Å². The Morgan fingerprint density at radius 2 is 1.61 bits per heavy atom. The van der Waals surface area contributed by atoms with Gasteiger partial charge in [0.25, 0.3) is 0 Å². The molecule has 1 aromatic carbocycles. The Morgan fingerprint density at radius 1 is 1.11 bits per heavy atom. The molecule has 0 aliphatic heterocycles. The highest BCUT2D eigenvalue weighted by Crippen LogP contribution is 2.27. The fraction of sp³-hybridized carbons (Fsp3) is 0.647. The fourth-order valence-corrected chi connectivity index (χ4v) is 2.48. The van der Waals surface area contributed by atoms with Gasteiger partial charge in [0, 0.05) is 6.04 Å². The first kappa shape index (κ1) is 15.2. The van der Waals surface area contributed by atoms with Crippen molar-refractivity contribution in [1.29, 1.82) is 0 Å². The van der Waals surface area contributed by atoms with Crippen LogP contribution in [-0.2, 0) is 11.8 Å². The minimum atomic E-state index is 0.237. The lowest BCUT2D eigenvalue weighted by molar-refractivity contribution is 0.561. The van der Waals surface area contributed by atoms with E-state index in [4.69, 9.17) is 0 Å². The van der Waals surface area contributed by atoms with E-state index in [1.807, 2.05) is 0 Å². The summed E-state index contributed by atoms with van der Waals surface area (Å²) in [7, 11) is 0. The molecule has 0 aliphatic rings. The third-order valence-electron chi connectivity index (χ3n) is 3.62. The average Bonchev–Trinajstić information content (AvgIpc) is 2.22. The fourth-order valence-electron chi connectivity index (χ4n) is 2.48. The molecule has 0 bridgehead atoms. The van der Waals surface area contributed by atoms with Crippen molar-refractivity contribution in [2.24, 2.45) is 0 Å². The molecule has 1 atom stereocenters. The first-order valence-electron chi connectivity index (χ1n) is 7.09. The molecule has 102 valence electrons.